The Hall–Kier alpha value is -1.74. The van der Waals surface area contributed by atoms with Crippen molar-refractivity contribution in [3.8, 4) is 5.75 Å². The summed E-state index contributed by atoms with van der Waals surface area (Å²) in [5, 5.41) is 0.473. The highest BCUT2D eigenvalue weighted by atomic mass is 32.2. The largest absolute Gasteiger partial charge is 0.488 e. The quantitative estimate of drug-likeness (QED) is 0.835. The van der Waals surface area contributed by atoms with Crippen LogP contribution in [0, 0.1) is 0 Å². The molecule has 0 radical (unpaired) electrons. The van der Waals surface area contributed by atoms with Crippen LogP contribution in [0.15, 0.2) is 34.7 Å². The second-order valence-corrected chi connectivity index (χ2v) is 6.80. The van der Waals surface area contributed by atoms with Gasteiger partial charge in [0.2, 0.25) is 0 Å². The summed E-state index contributed by atoms with van der Waals surface area (Å²) in [6.45, 7) is 1.15. The lowest BCUT2D eigenvalue weighted by Crippen LogP contribution is -2.13. The third kappa shape index (κ3) is 4.14. The number of nitrogens with zero attached hydrogens (tertiary/aromatic N) is 1. The van der Waals surface area contributed by atoms with Crippen LogP contribution < -0.4 is 9.46 Å². The van der Waals surface area contributed by atoms with Gasteiger partial charge in [-0.05, 0) is 30.7 Å². The highest BCUT2D eigenvalue weighted by Crippen LogP contribution is 2.25. The smallest absolute Gasteiger partial charge is 0.272 e. The van der Waals surface area contributed by atoms with E-state index in [-0.39, 0.29) is 10.6 Å². The zero-order chi connectivity index (χ0) is 16.2. The summed E-state index contributed by atoms with van der Waals surface area (Å²) in [5.74, 6) is 0.186. The second kappa shape index (κ2) is 7.01. The highest BCUT2D eigenvalue weighted by Gasteiger charge is 2.17. The molecule has 0 saturated heterocycles. The number of aromatic nitrogens is 1. The fourth-order valence-corrected chi connectivity index (χ4v) is 3.77. The van der Waals surface area contributed by atoms with Crippen LogP contribution in [0.5, 0.6) is 5.75 Å². The lowest BCUT2D eigenvalue weighted by molar-refractivity contribution is 0.0819. The molecule has 0 unspecified atom stereocenters. The summed E-state index contributed by atoms with van der Waals surface area (Å²) >= 11 is 1.20. The molecule has 5 nitrogen and oxygen atoms in total. The van der Waals surface area contributed by atoms with Gasteiger partial charge in [-0.15, -0.1) is 11.3 Å². The summed E-state index contributed by atoms with van der Waals surface area (Å²) in [6.07, 6.45) is -1.97. The average molecular weight is 348 g/mol. The van der Waals surface area contributed by atoms with Crippen molar-refractivity contribution in [2.75, 3.05) is 11.3 Å². The standard InChI is InChI=1S/C13H14F2N2O3S2/c1-2-11-13(21-8-16-11)17-22(18,19)10-5-3-9(4-6-10)20-7-12(14)15/h3-6,8,12,17H,2,7H2,1H3. The third-order valence-corrected chi connectivity index (χ3v) is 4.99. The van der Waals surface area contributed by atoms with Crippen molar-refractivity contribution in [1.82, 2.24) is 4.98 Å². The van der Waals surface area contributed by atoms with Crippen molar-refractivity contribution in [2.24, 2.45) is 0 Å². The van der Waals surface area contributed by atoms with E-state index in [1.165, 1.54) is 35.6 Å². The minimum atomic E-state index is -3.75. The maximum Gasteiger partial charge on any atom is 0.272 e. The number of benzene rings is 1. The molecule has 0 saturated carbocycles. The van der Waals surface area contributed by atoms with Crippen LogP contribution in [-0.4, -0.2) is 26.4 Å². The van der Waals surface area contributed by atoms with Gasteiger partial charge in [-0.25, -0.2) is 22.2 Å². The molecule has 0 spiro atoms. The molecule has 0 aliphatic carbocycles. The molecule has 1 aromatic carbocycles. The molecule has 9 heteroatoms. The maximum atomic E-state index is 12.3. The van der Waals surface area contributed by atoms with Gasteiger partial charge in [-0.1, -0.05) is 6.92 Å². The molecule has 0 amide bonds. The molecule has 0 aliphatic rings. The fourth-order valence-electron chi connectivity index (χ4n) is 1.66. The lowest BCUT2D eigenvalue weighted by atomic mass is 10.3. The Morgan fingerprint density at radius 3 is 2.59 bits per heavy atom. The van der Waals surface area contributed by atoms with Crippen LogP contribution in [0.2, 0.25) is 0 Å². The monoisotopic (exact) mass is 348 g/mol. The summed E-state index contributed by atoms with van der Waals surface area (Å²) < 4.78 is 55.9. The van der Waals surface area contributed by atoms with E-state index in [2.05, 4.69) is 9.71 Å². The highest BCUT2D eigenvalue weighted by molar-refractivity contribution is 7.93. The van der Waals surface area contributed by atoms with E-state index in [1.54, 1.807) is 5.51 Å². The molecule has 0 bridgehead atoms. The van der Waals surface area contributed by atoms with E-state index in [0.29, 0.717) is 17.1 Å². The molecule has 1 N–H and O–H groups in total. The molecular weight excluding hydrogens is 334 g/mol. The Labute approximate surface area is 131 Å². The number of halogens is 2. The number of thiazole rings is 1. The number of hydrogen-bond donors (Lipinski definition) is 1. The number of aryl methyl sites for hydroxylation is 1. The SMILES string of the molecule is CCc1ncsc1NS(=O)(=O)c1ccc(OCC(F)F)cc1. The molecule has 120 valence electrons. The Kier molecular flexibility index (Phi) is 5.30. The van der Waals surface area contributed by atoms with Crippen molar-refractivity contribution in [3.63, 3.8) is 0 Å². The molecule has 1 aromatic heterocycles. The topological polar surface area (TPSA) is 68.3 Å². The van der Waals surface area contributed by atoms with E-state index in [0.717, 1.165) is 0 Å². The van der Waals surface area contributed by atoms with E-state index in [9.17, 15) is 17.2 Å². The van der Waals surface area contributed by atoms with E-state index in [4.69, 9.17) is 4.74 Å². The second-order valence-electron chi connectivity index (χ2n) is 4.26. The normalized spacial score (nSPS) is 11.6. The fraction of sp³-hybridized carbons (Fsp3) is 0.308. The van der Waals surface area contributed by atoms with Crippen molar-refractivity contribution in [2.45, 2.75) is 24.7 Å². The molecular formula is C13H14F2N2O3S2. The van der Waals surface area contributed by atoms with Gasteiger partial charge in [-0.2, -0.15) is 0 Å². The van der Waals surface area contributed by atoms with E-state index < -0.39 is 23.1 Å². The Bertz CT molecular complexity index is 715. The molecule has 0 atom stereocenters. The van der Waals surface area contributed by atoms with Gasteiger partial charge in [-0.3, -0.25) is 4.72 Å². The first-order chi connectivity index (χ1) is 10.4. The minimum Gasteiger partial charge on any atom is -0.488 e. The average Bonchev–Trinajstić information content (AvgIpc) is 2.92. The Morgan fingerprint density at radius 2 is 2.00 bits per heavy atom. The van der Waals surface area contributed by atoms with Gasteiger partial charge in [0.25, 0.3) is 16.4 Å². The zero-order valence-electron chi connectivity index (χ0n) is 11.6. The minimum absolute atomic E-state index is 0.0207. The molecule has 2 rings (SSSR count). The van der Waals surface area contributed by atoms with Crippen molar-refractivity contribution >= 4 is 26.4 Å². The van der Waals surface area contributed by atoms with Crippen molar-refractivity contribution in [3.05, 3.63) is 35.5 Å². The summed E-state index contributed by atoms with van der Waals surface area (Å²) in [4.78, 5) is 4.09. The number of nitrogens with one attached hydrogen (secondary N) is 1. The predicted molar refractivity (Wildman–Crippen MR) is 80.2 cm³/mol. The lowest BCUT2D eigenvalue weighted by Gasteiger charge is -2.09. The maximum absolute atomic E-state index is 12.3. The molecule has 22 heavy (non-hydrogen) atoms. The van der Waals surface area contributed by atoms with Crippen LogP contribution >= 0.6 is 11.3 Å². The first-order valence-corrected chi connectivity index (χ1v) is 8.75. The van der Waals surface area contributed by atoms with Crippen LogP contribution in [0.3, 0.4) is 0 Å². The van der Waals surface area contributed by atoms with Gasteiger partial charge < -0.3 is 4.74 Å². The Balaban J connectivity index is 2.12. The van der Waals surface area contributed by atoms with E-state index >= 15 is 0 Å². The molecule has 1 heterocycles. The first kappa shape index (κ1) is 16.6. The summed E-state index contributed by atoms with van der Waals surface area (Å²) in [7, 11) is -3.75. The number of ether oxygens (including phenoxy) is 1. The van der Waals surface area contributed by atoms with Crippen LogP contribution in [0.25, 0.3) is 0 Å². The van der Waals surface area contributed by atoms with Gasteiger partial charge in [0.15, 0.2) is 0 Å². The number of anilines is 1. The predicted octanol–water partition coefficient (Wildman–Crippen LogP) is 3.15. The molecule has 0 aliphatic heterocycles. The summed E-state index contributed by atoms with van der Waals surface area (Å²) in [5.41, 5.74) is 2.24. The van der Waals surface area contributed by atoms with Crippen molar-refractivity contribution < 1.29 is 21.9 Å². The van der Waals surface area contributed by atoms with Gasteiger partial charge in [0, 0.05) is 0 Å². The third-order valence-electron chi connectivity index (χ3n) is 2.71. The van der Waals surface area contributed by atoms with Gasteiger partial charge >= 0.3 is 0 Å². The first-order valence-electron chi connectivity index (χ1n) is 6.38. The molecule has 2 aromatic rings. The number of alkyl halides is 2. The van der Waals surface area contributed by atoms with Crippen molar-refractivity contribution in [1.29, 1.82) is 0 Å². The van der Waals surface area contributed by atoms with Crippen LogP contribution in [0.1, 0.15) is 12.6 Å². The number of hydrogen-bond acceptors (Lipinski definition) is 5. The van der Waals surface area contributed by atoms with Crippen LogP contribution in [0.4, 0.5) is 13.8 Å². The van der Waals surface area contributed by atoms with Crippen LogP contribution in [-0.2, 0) is 16.4 Å². The Morgan fingerprint density at radius 1 is 1.32 bits per heavy atom. The van der Waals surface area contributed by atoms with Gasteiger partial charge in [0.1, 0.15) is 17.4 Å². The summed E-state index contributed by atoms with van der Waals surface area (Å²) in [6, 6.07) is 5.28. The molecule has 0 fully saturated rings. The van der Waals surface area contributed by atoms with Gasteiger partial charge in [0.05, 0.1) is 16.1 Å². The number of rotatable bonds is 7. The number of sulfonamides is 1. The zero-order valence-corrected chi connectivity index (χ0v) is 13.3. The van der Waals surface area contributed by atoms with E-state index in [1.807, 2.05) is 6.92 Å².